The van der Waals surface area contributed by atoms with E-state index in [-0.39, 0.29) is 0 Å². The first-order valence-electron chi connectivity index (χ1n) is 8.92. The van der Waals surface area contributed by atoms with Crippen LogP contribution < -0.4 is 0 Å². The first-order chi connectivity index (χ1) is 12.3. The molecule has 0 saturated heterocycles. The average Bonchev–Trinajstić information content (AvgIpc) is 3.01. The van der Waals surface area contributed by atoms with Crippen molar-refractivity contribution in [3.63, 3.8) is 0 Å². The molecule has 1 aromatic heterocycles. The van der Waals surface area contributed by atoms with E-state index >= 15 is 0 Å². The molecule has 0 nitrogen and oxygen atoms in total. The van der Waals surface area contributed by atoms with Crippen LogP contribution in [0.1, 0.15) is 31.4 Å². The minimum atomic E-state index is 1.04. The number of aryl methyl sites for hydroxylation is 1. The van der Waals surface area contributed by atoms with E-state index in [2.05, 4.69) is 87.5 Å². The highest BCUT2D eigenvalue weighted by atomic mass is 32.1. The van der Waals surface area contributed by atoms with E-state index in [1.807, 2.05) is 11.3 Å². The summed E-state index contributed by atoms with van der Waals surface area (Å²) < 4.78 is 2.78. The quantitative estimate of drug-likeness (QED) is 0.332. The van der Waals surface area contributed by atoms with Crippen molar-refractivity contribution >= 4 is 47.9 Å². The fourth-order valence-corrected chi connectivity index (χ4v) is 5.16. The standard InChI is InChI=1S/C24H22S/c1-4-10-17(11-5-2)22-16(3)18-12-6-7-13-19(18)23-20-14-8-9-15-21(20)25-24(22)23/h4,6-15H,5H2,1-3H3/b10-4-,17-11+. The smallest absolute Gasteiger partial charge is 0.0442 e. The molecule has 0 radical (unpaired) electrons. The normalized spacial score (nSPS) is 12.8. The maximum absolute atomic E-state index is 2.35. The second-order valence-electron chi connectivity index (χ2n) is 6.42. The highest BCUT2D eigenvalue weighted by Crippen LogP contribution is 2.44. The van der Waals surface area contributed by atoms with E-state index in [1.54, 1.807) is 0 Å². The number of thiophene rings is 1. The van der Waals surface area contributed by atoms with Crippen LogP contribution in [-0.4, -0.2) is 0 Å². The maximum Gasteiger partial charge on any atom is 0.0442 e. The first kappa shape index (κ1) is 16.1. The maximum atomic E-state index is 2.35. The molecule has 3 aromatic carbocycles. The van der Waals surface area contributed by atoms with Gasteiger partial charge >= 0.3 is 0 Å². The van der Waals surface area contributed by atoms with Gasteiger partial charge in [0.1, 0.15) is 0 Å². The Kier molecular flexibility index (Phi) is 4.19. The Hall–Kier alpha value is -2.38. The van der Waals surface area contributed by atoms with Crippen molar-refractivity contribution in [2.24, 2.45) is 0 Å². The second-order valence-corrected chi connectivity index (χ2v) is 7.47. The summed E-state index contributed by atoms with van der Waals surface area (Å²) in [5.41, 5.74) is 4.12. The van der Waals surface area contributed by atoms with Crippen LogP contribution in [0.5, 0.6) is 0 Å². The molecule has 0 fully saturated rings. The van der Waals surface area contributed by atoms with Gasteiger partial charge in [0.15, 0.2) is 0 Å². The van der Waals surface area contributed by atoms with Crippen LogP contribution in [0.4, 0.5) is 0 Å². The highest BCUT2D eigenvalue weighted by Gasteiger charge is 2.17. The van der Waals surface area contributed by atoms with E-state index in [9.17, 15) is 0 Å². The molecule has 0 unspecified atom stereocenters. The molecule has 0 aliphatic rings. The third-order valence-corrected chi connectivity index (χ3v) is 6.05. The second kappa shape index (κ2) is 6.50. The average molecular weight is 343 g/mol. The van der Waals surface area contributed by atoms with Gasteiger partial charge in [-0.15, -0.1) is 11.3 Å². The Balaban J connectivity index is 2.28. The van der Waals surface area contributed by atoms with Crippen LogP contribution in [0, 0.1) is 6.92 Å². The summed E-state index contributed by atoms with van der Waals surface area (Å²) in [7, 11) is 0. The molecule has 0 spiro atoms. The number of hydrogen-bond acceptors (Lipinski definition) is 1. The predicted molar refractivity (Wildman–Crippen MR) is 115 cm³/mol. The van der Waals surface area contributed by atoms with Gasteiger partial charge in [0.25, 0.3) is 0 Å². The number of hydrogen-bond donors (Lipinski definition) is 0. The molecule has 0 N–H and O–H groups in total. The monoisotopic (exact) mass is 342 g/mol. The molecule has 0 aliphatic heterocycles. The molecule has 4 aromatic rings. The van der Waals surface area contributed by atoms with E-state index in [0.717, 1.165) is 6.42 Å². The summed E-state index contributed by atoms with van der Waals surface area (Å²) >= 11 is 1.92. The minimum Gasteiger partial charge on any atom is -0.134 e. The predicted octanol–water partition coefficient (Wildman–Crippen LogP) is 7.89. The van der Waals surface area contributed by atoms with Gasteiger partial charge in [-0.3, -0.25) is 0 Å². The summed E-state index contributed by atoms with van der Waals surface area (Å²) in [6.45, 7) is 6.58. The van der Waals surface area contributed by atoms with Crippen molar-refractivity contribution < 1.29 is 0 Å². The zero-order chi connectivity index (χ0) is 17.4. The molecule has 25 heavy (non-hydrogen) atoms. The molecule has 0 atom stereocenters. The van der Waals surface area contributed by atoms with Gasteiger partial charge in [-0.1, -0.05) is 67.6 Å². The lowest BCUT2D eigenvalue weighted by molar-refractivity contribution is 1.23. The van der Waals surface area contributed by atoms with Crippen LogP contribution in [0.2, 0.25) is 0 Å². The number of rotatable bonds is 3. The van der Waals surface area contributed by atoms with Crippen molar-refractivity contribution in [1.29, 1.82) is 0 Å². The van der Waals surface area contributed by atoms with Crippen LogP contribution in [0.15, 0.2) is 66.8 Å². The molecule has 1 heterocycles. The molecule has 124 valence electrons. The fraction of sp³-hybridized carbons (Fsp3) is 0.167. The zero-order valence-electron chi connectivity index (χ0n) is 15.0. The molecular weight excluding hydrogens is 320 g/mol. The van der Waals surface area contributed by atoms with Gasteiger partial charge in [-0.25, -0.2) is 0 Å². The summed E-state index contributed by atoms with van der Waals surface area (Å²) in [6.07, 6.45) is 7.79. The van der Waals surface area contributed by atoms with Crippen LogP contribution in [-0.2, 0) is 0 Å². The molecule has 4 rings (SSSR count). The molecule has 0 bridgehead atoms. The van der Waals surface area contributed by atoms with Crippen molar-refractivity contribution in [3.05, 3.63) is 77.9 Å². The zero-order valence-corrected chi connectivity index (χ0v) is 15.8. The molecular formula is C24H22S. The Labute approximate surface area is 153 Å². The summed E-state index contributed by atoms with van der Waals surface area (Å²) in [6, 6.07) is 17.6. The lowest BCUT2D eigenvalue weighted by Gasteiger charge is -2.14. The topological polar surface area (TPSA) is 0 Å². The SMILES string of the molecule is C/C=C\C(=C/CC)c1c(C)c2ccccc2c2c1sc1ccccc12. The van der Waals surface area contributed by atoms with Gasteiger partial charge < -0.3 is 0 Å². The third-order valence-electron chi connectivity index (χ3n) is 4.86. The van der Waals surface area contributed by atoms with E-state index in [1.165, 1.54) is 47.6 Å². The lowest BCUT2D eigenvalue weighted by Crippen LogP contribution is -1.91. The lowest BCUT2D eigenvalue weighted by atomic mass is 9.91. The van der Waals surface area contributed by atoms with Gasteiger partial charge in [0.05, 0.1) is 0 Å². The van der Waals surface area contributed by atoms with Crippen LogP contribution >= 0.6 is 11.3 Å². The number of benzene rings is 3. The van der Waals surface area contributed by atoms with Crippen molar-refractivity contribution in [2.45, 2.75) is 27.2 Å². The minimum absolute atomic E-state index is 1.04. The van der Waals surface area contributed by atoms with Crippen molar-refractivity contribution in [1.82, 2.24) is 0 Å². The number of fused-ring (bicyclic) bond motifs is 5. The van der Waals surface area contributed by atoms with Gasteiger partial charge in [-0.05, 0) is 48.2 Å². The Morgan fingerprint density at radius 1 is 0.960 bits per heavy atom. The van der Waals surface area contributed by atoms with E-state index < -0.39 is 0 Å². The summed E-state index contributed by atoms with van der Waals surface area (Å²) in [5, 5.41) is 5.51. The highest BCUT2D eigenvalue weighted by molar-refractivity contribution is 7.26. The third kappa shape index (κ3) is 2.51. The molecule has 0 saturated carbocycles. The van der Waals surface area contributed by atoms with Crippen LogP contribution in [0.25, 0.3) is 36.5 Å². The van der Waals surface area contributed by atoms with Crippen LogP contribution in [0.3, 0.4) is 0 Å². The molecule has 0 aliphatic carbocycles. The fourth-order valence-electron chi connectivity index (χ4n) is 3.82. The number of allylic oxidation sites excluding steroid dienone is 4. The summed E-state index contributed by atoms with van der Waals surface area (Å²) in [4.78, 5) is 0. The van der Waals surface area contributed by atoms with Gasteiger partial charge in [0, 0.05) is 25.7 Å². The molecule has 1 heteroatoms. The Morgan fingerprint density at radius 2 is 1.64 bits per heavy atom. The van der Waals surface area contributed by atoms with Gasteiger partial charge in [0.2, 0.25) is 0 Å². The summed E-state index contributed by atoms with van der Waals surface area (Å²) in [5.74, 6) is 0. The Bertz CT molecular complexity index is 1140. The molecule has 0 amide bonds. The van der Waals surface area contributed by atoms with E-state index in [0.29, 0.717) is 0 Å². The van der Waals surface area contributed by atoms with Crippen molar-refractivity contribution in [3.8, 4) is 0 Å². The van der Waals surface area contributed by atoms with E-state index in [4.69, 9.17) is 0 Å². The van der Waals surface area contributed by atoms with Crippen molar-refractivity contribution in [2.75, 3.05) is 0 Å². The largest absolute Gasteiger partial charge is 0.134 e. The first-order valence-corrected chi connectivity index (χ1v) is 9.73. The Morgan fingerprint density at radius 3 is 2.36 bits per heavy atom. The van der Waals surface area contributed by atoms with Gasteiger partial charge in [-0.2, -0.15) is 0 Å².